The Balaban J connectivity index is 2.12. The molecule has 2 aliphatic rings. The molecular weight excluding hydrogens is 327 g/mol. The molecule has 2 heterocycles. The molecule has 1 unspecified atom stereocenters. The Hall–Kier alpha value is 0.440. The SMILES string of the molecule is CCCCC(Cl)CP(=O)(N1CCCCCC1)N1CCCCCC1. The van der Waals surface area contributed by atoms with E-state index >= 15 is 0 Å². The molecule has 0 aromatic carbocycles. The van der Waals surface area contributed by atoms with Crippen LogP contribution >= 0.6 is 19.0 Å². The predicted molar refractivity (Wildman–Crippen MR) is 102 cm³/mol. The highest BCUT2D eigenvalue weighted by Crippen LogP contribution is 2.56. The monoisotopic (exact) mass is 362 g/mol. The van der Waals surface area contributed by atoms with Crippen molar-refractivity contribution in [3.63, 3.8) is 0 Å². The van der Waals surface area contributed by atoms with Crippen LogP contribution in [0.2, 0.25) is 0 Å². The number of nitrogens with zero attached hydrogens (tertiary/aromatic N) is 2. The molecule has 0 aliphatic carbocycles. The first kappa shape index (κ1) is 19.8. The molecule has 2 rings (SSSR count). The third-order valence-electron chi connectivity index (χ3n) is 5.36. The van der Waals surface area contributed by atoms with Gasteiger partial charge in [0.1, 0.15) is 0 Å². The van der Waals surface area contributed by atoms with Crippen molar-refractivity contribution < 1.29 is 4.57 Å². The van der Waals surface area contributed by atoms with Crippen LogP contribution in [0.3, 0.4) is 0 Å². The molecule has 136 valence electrons. The zero-order chi connectivity index (χ0) is 16.5. The zero-order valence-electron chi connectivity index (χ0n) is 15.0. The number of halogens is 1. The third-order valence-corrected chi connectivity index (χ3v) is 9.43. The smallest absolute Gasteiger partial charge is 0.217 e. The van der Waals surface area contributed by atoms with E-state index in [4.69, 9.17) is 11.6 Å². The molecular formula is C18H36ClN2OP. The summed E-state index contributed by atoms with van der Waals surface area (Å²) in [6.45, 7) is 6.22. The second-order valence-corrected chi connectivity index (χ2v) is 10.8. The lowest BCUT2D eigenvalue weighted by Gasteiger charge is -2.39. The molecule has 0 N–H and O–H groups in total. The van der Waals surface area contributed by atoms with Crippen molar-refractivity contribution in [2.75, 3.05) is 32.3 Å². The van der Waals surface area contributed by atoms with Crippen molar-refractivity contribution in [2.24, 2.45) is 0 Å². The second kappa shape index (κ2) is 10.4. The van der Waals surface area contributed by atoms with E-state index in [1.807, 2.05) is 0 Å². The molecule has 2 saturated heterocycles. The highest BCUT2D eigenvalue weighted by molar-refractivity contribution is 7.59. The van der Waals surface area contributed by atoms with Crippen LogP contribution in [0.5, 0.6) is 0 Å². The summed E-state index contributed by atoms with van der Waals surface area (Å²) in [6, 6.07) is 0. The van der Waals surface area contributed by atoms with Crippen LogP contribution < -0.4 is 0 Å². The summed E-state index contributed by atoms with van der Waals surface area (Å²) in [6.07, 6.45) is 13.9. The fourth-order valence-electron chi connectivity index (χ4n) is 3.92. The van der Waals surface area contributed by atoms with Gasteiger partial charge in [-0.3, -0.25) is 4.57 Å². The van der Waals surface area contributed by atoms with Crippen LogP contribution in [-0.2, 0) is 4.57 Å². The Morgan fingerprint density at radius 2 is 1.30 bits per heavy atom. The molecule has 0 amide bonds. The van der Waals surface area contributed by atoms with Gasteiger partial charge in [-0.15, -0.1) is 11.6 Å². The quantitative estimate of drug-likeness (QED) is 0.427. The van der Waals surface area contributed by atoms with E-state index in [1.165, 1.54) is 57.8 Å². The van der Waals surface area contributed by atoms with Crippen LogP contribution in [0.4, 0.5) is 0 Å². The molecule has 2 aliphatic heterocycles. The fourth-order valence-corrected chi connectivity index (χ4v) is 7.95. The first-order chi connectivity index (χ1) is 11.2. The Labute approximate surface area is 148 Å². The van der Waals surface area contributed by atoms with Crippen LogP contribution in [0, 0.1) is 0 Å². The maximum atomic E-state index is 14.2. The first-order valence-corrected chi connectivity index (χ1v) is 12.1. The molecule has 0 aromatic heterocycles. The van der Waals surface area contributed by atoms with Crippen molar-refractivity contribution in [1.29, 1.82) is 0 Å². The summed E-state index contributed by atoms with van der Waals surface area (Å²) >= 11 is 6.64. The van der Waals surface area contributed by atoms with Gasteiger partial charge >= 0.3 is 0 Å². The van der Waals surface area contributed by atoms with E-state index in [1.54, 1.807) is 0 Å². The van der Waals surface area contributed by atoms with Gasteiger partial charge in [-0.1, -0.05) is 45.4 Å². The van der Waals surface area contributed by atoms with Gasteiger partial charge in [0.15, 0.2) is 0 Å². The zero-order valence-corrected chi connectivity index (χ0v) is 16.7. The summed E-state index contributed by atoms with van der Waals surface area (Å²) in [7, 11) is -2.49. The van der Waals surface area contributed by atoms with Gasteiger partial charge in [-0.25, -0.2) is 9.34 Å². The normalized spacial score (nSPS) is 24.1. The predicted octanol–water partition coefficient (Wildman–Crippen LogP) is 5.73. The highest BCUT2D eigenvalue weighted by Gasteiger charge is 2.38. The molecule has 0 spiro atoms. The van der Waals surface area contributed by atoms with Crippen molar-refractivity contribution >= 4 is 19.0 Å². The average molecular weight is 363 g/mol. The van der Waals surface area contributed by atoms with Crippen molar-refractivity contribution in [1.82, 2.24) is 9.34 Å². The first-order valence-electron chi connectivity index (χ1n) is 9.91. The fraction of sp³-hybridized carbons (Fsp3) is 1.00. The number of hydrogen-bond acceptors (Lipinski definition) is 1. The van der Waals surface area contributed by atoms with Gasteiger partial charge in [0.2, 0.25) is 7.44 Å². The summed E-state index contributed by atoms with van der Waals surface area (Å²) in [4.78, 5) is 0. The Bertz CT molecular complexity index is 340. The van der Waals surface area contributed by atoms with Crippen molar-refractivity contribution in [3.8, 4) is 0 Å². The lowest BCUT2D eigenvalue weighted by atomic mass is 10.2. The van der Waals surface area contributed by atoms with Crippen molar-refractivity contribution in [3.05, 3.63) is 0 Å². The minimum absolute atomic E-state index is 0.0623. The minimum atomic E-state index is -2.49. The summed E-state index contributed by atoms with van der Waals surface area (Å²) in [5.41, 5.74) is 0. The summed E-state index contributed by atoms with van der Waals surface area (Å²) in [5.74, 6) is 0. The third kappa shape index (κ3) is 6.03. The Kier molecular flexibility index (Phi) is 8.97. The van der Waals surface area contributed by atoms with Gasteiger partial charge in [-0.05, 0) is 32.1 Å². The number of hydrogen-bond donors (Lipinski definition) is 0. The van der Waals surface area contributed by atoms with E-state index in [-0.39, 0.29) is 5.38 Å². The lowest BCUT2D eigenvalue weighted by Crippen LogP contribution is -2.36. The molecule has 0 saturated carbocycles. The van der Waals surface area contributed by atoms with Gasteiger partial charge < -0.3 is 0 Å². The van der Waals surface area contributed by atoms with Gasteiger partial charge in [-0.2, -0.15) is 0 Å². The molecule has 0 aromatic rings. The largest absolute Gasteiger partial charge is 0.289 e. The van der Waals surface area contributed by atoms with Crippen LogP contribution in [-0.4, -0.2) is 47.1 Å². The van der Waals surface area contributed by atoms with Gasteiger partial charge in [0.25, 0.3) is 0 Å². The second-order valence-electron chi connectivity index (χ2n) is 7.32. The van der Waals surface area contributed by atoms with E-state index in [2.05, 4.69) is 16.3 Å². The Morgan fingerprint density at radius 1 is 0.870 bits per heavy atom. The average Bonchev–Trinajstić information content (AvgIpc) is 2.98. The number of rotatable bonds is 7. The molecule has 2 fully saturated rings. The van der Waals surface area contributed by atoms with Crippen LogP contribution in [0.25, 0.3) is 0 Å². The van der Waals surface area contributed by atoms with Crippen LogP contribution in [0.1, 0.15) is 77.6 Å². The minimum Gasteiger partial charge on any atom is -0.289 e. The Morgan fingerprint density at radius 3 is 1.70 bits per heavy atom. The summed E-state index contributed by atoms with van der Waals surface area (Å²) in [5, 5.41) is 0.0623. The van der Waals surface area contributed by atoms with Crippen LogP contribution in [0.15, 0.2) is 0 Å². The number of unbranched alkanes of at least 4 members (excludes halogenated alkanes) is 1. The van der Waals surface area contributed by atoms with E-state index in [0.717, 1.165) is 39.0 Å². The molecule has 0 bridgehead atoms. The lowest BCUT2D eigenvalue weighted by molar-refractivity contribution is 0.338. The molecule has 23 heavy (non-hydrogen) atoms. The molecule has 0 radical (unpaired) electrons. The highest BCUT2D eigenvalue weighted by atomic mass is 35.5. The van der Waals surface area contributed by atoms with E-state index < -0.39 is 7.44 Å². The maximum Gasteiger partial charge on any atom is 0.217 e. The van der Waals surface area contributed by atoms with E-state index in [9.17, 15) is 4.57 Å². The van der Waals surface area contributed by atoms with E-state index in [0.29, 0.717) is 6.16 Å². The maximum absolute atomic E-state index is 14.2. The summed E-state index contributed by atoms with van der Waals surface area (Å²) < 4.78 is 18.9. The molecule has 3 nitrogen and oxygen atoms in total. The molecule has 5 heteroatoms. The van der Waals surface area contributed by atoms with Gasteiger partial charge in [0, 0.05) is 37.7 Å². The van der Waals surface area contributed by atoms with Gasteiger partial charge in [0.05, 0.1) is 0 Å². The van der Waals surface area contributed by atoms with Crippen molar-refractivity contribution in [2.45, 2.75) is 82.9 Å². The standard InChI is InChI=1S/C18H36ClN2OP/c1-2-3-12-18(19)17-23(22,20-13-8-4-5-9-14-20)21-15-10-6-7-11-16-21/h18H,2-17H2,1H3. The topological polar surface area (TPSA) is 23.6 Å². The molecule has 1 atom stereocenters. The number of alkyl halides is 1.